The molecule has 22 heavy (non-hydrogen) atoms. The van der Waals surface area contributed by atoms with Crippen LogP contribution in [0.2, 0.25) is 5.02 Å². The first-order chi connectivity index (χ1) is 10.2. The monoisotopic (exact) mass is 336 g/mol. The Bertz CT molecular complexity index is 687. The molecule has 0 spiro atoms. The van der Waals surface area contributed by atoms with Crippen LogP contribution in [-0.2, 0) is 6.18 Å². The van der Waals surface area contributed by atoms with E-state index in [0.717, 1.165) is 18.2 Å². The van der Waals surface area contributed by atoms with E-state index >= 15 is 0 Å². The third-order valence-electron chi connectivity index (χ3n) is 2.97. The van der Waals surface area contributed by atoms with Gasteiger partial charge < -0.3 is 5.32 Å². The van der Waals surface area contributed by atoms with Gasteiger partial charge in [0.25, 0.3) is 0 Å². The van der Waals surface area contributed by atoms with Crippen molar-refractivity contribution in [3.8, 4) is 0 Å². The second kappa shape index (κ2) is 6.08. The summed E-state index contributed by atoms with van der Waals surface area (Å²) in [5, 5.41) is 2.53. The number of aromatic nitrogens is 1. The van der Waals surface area contributed by atoms with Gasteiger partial charge in [0.1, 0.15) is 5.82 Å². The summed E-state index contributed by atoms with van der Waals surface area (Å²) in [5.74, 6) is -1.98. The quantitative estimate of drug-likeness (QED) is 0.779. The molecule has 0 aliphatic carbocycles. The number of halogens is 6. The van der Waals surface area contributed by atoms with E-state index in [1.807, 2.05) is 0 Å². The van der Waals surface area contributed by atoms with Crippen molar-refractivity contribution < 1.29 is 22.0 Å². The van der Waals surface area contributed by atoms with Crippen molar-refractivity contribution in [3.63, 3.8) is 0 Å². The molecule has 118 valence electrons. The molecule has 1 aromatic carbocycles. The van der Waals surface area contributed by atoms with Gasteiger partial charge in [0.05, 0.1) is 16.6 Å². The van der Waals surface area contributed by atoms with Gasteiger partial charge in [-0.3, -0.25) is 0 Å². The highest BCUT2D eigenvalue weighted by Gasteiger charge is 2.31. The number of hydrogen-bond donors (Lipinski definition) is 1. The van der Waals surface area contributed by atoms with Crippen molar-refractivity contribution in [2.45, 2.75) is 19.1 Å². The molecule has 0 aliphatic rings. The summed E-state index contributed by atoms with van der Waals surface area (Å²) < 4.78 is 63.6. The Labute approximate surface area is 127 Å². The van der Waals surface area contributed by atoms with Crippen LogP contribution >= 0.6 is 11.6 Å². The topological polar surface area (TPSA) is 24.9 Å². The lowest BCUT2D eigenvalue weighted by molar-refractivity contribution is -0.137. The number of pyridine rings is 1. The summed E-state index contributed by atoms with van der Waals surface area (Å²) in [6.45, 7) is 1.61. The molecule has 1 N–H and O–H groups in total. The zero-order valence-electron chi connectivity index (χ0n) is 11.2. The van der Waals surface area contributed by atoms with Crippen LogP contribution in [0.5, 0.6) is 0 Å². The predicted octanol–water partition coefficient (Wildman–Crippen LogP) is 5.21. The molecule has 1 aromatic heterocycles. The van der Waals surface area contributed by atoms with Crippen LogP contribution in [-0.4, -0.2) is 4.98 Å². The van der Waals surface area contributed by atoms with Crippen molar-refractivity contribution in [1.29, 1.82) is 0 Å². The first-order valence-corrected chi connectivity index (χ1v) is 6.50. The Kier molecular flexibility index (Phi) is 4.55. The Hall–Kier alpha value is -1.89. The third kappa shape index (κ3) is 3.65. The molecular weight excluding hydrogens is 327 g/mol. The van der Waals surface area contributed by atoms with Crippen molar-refractivity contribution in [1.82, 2.24) is 4.98 Å². The lowest BCUT2D eigenvalue weighted by Gasteiger charge is -2.17. The molecule has 1 unspecified atom stereocenters. The maximum absolute atomic E-state index is 13.2. The van der Waals surface area contributed by atoms with Gasteiger partial charge >= 0.3 is 6.18 Å². The number of nitrogens with zero attached hydrogens (tertiary/aromatic N) is 1. The maximum atomic E-state index is 13.2. The molecule has 0 radical (unpaired) electrons. The molecule has 1 heterocycles. The van der Waals surface area contributed by atoms with Crippen LogP contribution in [0.15, 0.2) is 30.5 Å². The minimum absolute atomic E-state index is 0.0203. The van der Waals surface area contributed by atoms with Gasteiger partial charge in [-0.1, -0.05) is 17.7 Å². The molecular formula is C14H10ClF5N2. The van der Waals surface area contributed by atoms with Gasteiger partial charge in [0, 0.05) is 6.20 Å². The van der Waals surface area contributed by atoms with E-state index in [2.05, 4.69) is 10.3 Å². The summed E-state index contributed by atoms with van der Waals surface area (Å²) in [5.41, 5.74) is -0.569. The van der Waals surface area contributed by atoms with Gasteiger partial charge in [-0.2, -0.15) is 13.2 Å². The number of alkyl halides is 3. The Morgan fingerprint density at radius 2 is 1.82 bits per heavy atom. The van der Waals surface area contributed by atoms with E-state index in [1.165, 1.54) is 6.07 Å². The fourth-order valence-electron chi connectivity index (χ4n) is 1.77. The lowest BCUT2D eigenvalue weighted by Crippen LogP contribution is -2.11. The summed E-state index contributed by atoms with van der Waals surface area (Å²) in [7, 11) is 0. The SMILES string of the molecule is CC(Nc1ncc(C(F)(F)F)cc1Cl)c1ccc(F)c(F)c1. The van der Waals surface area contributed by atoms with E-state index in [9.17, 15) is 22.0 Å². The van der Waals surface area contributed by atoms with Crippen molar-refractivity contribution in [2.75, 3.05) is 5.32 Å². The van der Waals surface area contributed by atoms with Crippen LogP contribution in [0.1, 0.15) is 24.1 Å². The number of rotatable bonds is 3. The summed E-state index contributed by atoms with van der Waals surface area (Å²) in [4.78, 5) is 3.62. The molecule has 0 fully saturated rings. The summed E-state index contributed by atoms with van der Waals surface area (Å²) in [6, 6.07) is 3.52. The van der Waals surface area contributed by atoms with Crippen LogP contribution in [0.25, 0.3) is 0 Å². The van der Waals surface area contributed by atoms with Crippen LogP contribution in [0.4, 0.5) is 27.8 Å². The molecule has 0 amide bonds. The van der Waals surface area contributed by atoms with Crippen LogP contribution in [0.3, 0.4) is 0 Å². The first kappa shape index (κ1) is 16.5. The minimum Gasteiger partial charge on any atom is -0.362 e. The van der Waals surface area contributed by atoms with Gasteiger partial charge in [0.2, 0.25) is 0 Å². The molecule has 1 atom stereocenters. The van der Waals surface area contributed by atoms with Gasteiger partial charge in [-0.05, 0) is 30.7 Å². The van der Waals surface area contributed by atoms with E-state index in [4.69, 9.17) is 11.6 Å². The number of benzene rings is 1. The minimum atomic E-state index is -4.54. The Morgan fingerprint density at radius 3 is 2.36 bits per heavy atom. The zero-order valence-corrected chi connectivity index (χ0v) is 11.9. The summed E-state index contributed by atoms with van der Waals surface area (Å²) in [6.07, 6.45) is -3.90. The largest absolute Gasteiger partial charge is 0.417 e. The second-order valence-electron chi connectivity index (χ2n) is 4.59. The normalized spacial score (nSPS) is 13.0. The van der Waals surface area contributed by atoms with Crippen LogP contribution < -0.4 is 5.32 Å². The second-order valence-corrected chi connectivity index (χ2v) is 5.00. The predicted molar refractivity (Wildman–Crippen MR) is 72.6 cm³/mol. The van der Waals surface area contributed by atoms with Gasteiger partial charge in [-0.15, -0.1) is 0 Å². The molecule has 0 saturated carbocycles. The fourth-order valence-corrected chi connectivity index (χ4v) is 1.99. The summed E-state index contributed by atoms with van der Waals surface area (Å²) >= 11 is 5.76. The number of nitrogens with one attached hydrogen (secondary N) is 1. The van der Waals surface area contributed by atoms with Crippen LogP contribution in [0, 0.1) is 11.6 Å². The van der Waals surface area contributed by atoms with Crippen molar-refractivity contribution in [3.05, 3.63) is 58.2 Å². The van der Waals surface area contributed by atoms with Gasteiger partial charge in [-0.25, -0.2) is 13.8 Å². The maximum Gasteiger partial charge on any atom is 0.417 e. The average molecular weight is 337 g/mol. The van der Waals surface area contributed by atoms with E-state index in [1.54, 1.807) is 6.92 Å². The Morgan fingerprint density at radius 1 is 1.14 bits per heavy atom. The lowest BCUT2D eigenvalue weighted by atomic mass is 10.1. The zero-order chi connectivity index (χ0) is 16.5. The molecule has 2 rings (SSSR count). The number of anilines is 1. The highest BCUT2D eigenvalue weighted by molar-refractivity contribution is 6.33. The molecule has 2 aromatic rings. The van der Waals surface area contributed by atoms with E-state index < -0.39 is 29.4 Å². The molecule has 0 saturated heterocycles. The average Bonchev–Trinajstić information content (AvgIpc) is 2.42. The fraction of sp³-hybridized carbons (Fsp3) is 0.214. The number of hydrogen-bond acceptors (Lipinski definition) is 2. The van der Waals surface area contributed by atoms with Crippen molar-refractivity contribution in [2.24, 2.45) is 0 Å². The molecule has 0 aliphatic heterocycles. The third-order valence-corrected chi connectivity index (χ3v) is 3.25. The highest BCUT2D eigenvalue weighted by Crippen LogP contribution is 2.33. The van der Waals surface area contributed by atoms with Gasteiger partial charge in [0.15, 0.2) is 11.6 Å². The Balaban J connectivity index is 2.21. The highest BCUT2D eigenvalue weighted by atomic mass is 35.5. The van der Waals surface area contributed by atoms with E-state index in [-0.39, 0.29) is 10.8 Å². The molecule has 8 heteroatoms. The molecule has 2 nitrogen and oxygen atoms in total. The smallest absolute Gasteiger partial charge is 0.362 e. The first-order valence-electron chi connectivity index (χ1n) is 6.12. The molecule has 0 bridgehead atoms. The van der Waals surface area contributed by atoms with Crippen molar-refractivity contribution >= 4 is 17.4 Å². The standard InChI is InChI=1S/C14H10ClF5N2/c1-7(8-2-3-11(16)12(17)4-8)22-13-10(15)5-9(6-21-13)14(18,19)20/h2-7H,1H3,(H,21,22). The van der Waals surface area contributed by atoms with E-state index in [0.29, 0.717) is 11.8 Å².